The summed E-state index contributed by atoms with van der Waals surface area (Å²) in [5.41, 5.74) is 8.25. The predicted octanol–water partition coefficient (Wildman–Crippen LogP) is 9.30. The summed E-state index contributed by atoms with van der Waals surface area (Å²) in [6, 6.07) is 10.3. The van der Waals surface area contributed by atoms with Gasteiger partial charge in [-0.1, -0.05) is 0 Å². The molecule has 0 nitrogen and oxygen atoms in total. The Morgan fingerprint density at radius 3 is 1.05 bits per heavy atom. The summed E-state index contributed by atoms with van der Waals surface area (Å²) in [5.74, 6) is 0. The van der Waals surface area contributed by atoms with E-state index in [0.29, 0.717) is 0 Å². The zero-order valence-electron chi connectivity index (χ0n) is 28.5. The first-order valence-corrected chi connectivity index (χ1v) is 40.0. The molecule has 0 amide bonds. The van der Waals surface area contributed by atoms with Crippen molar-refractivity contribution in [3.8, 4) is 0 Å². The second-order valence-corrected chi connectivity index (χ2v) is 58.8. The maximum absolute atomic E-state index is 8.31. The number of rotatable bonds is 6. The molecule has 0 spiro atoms. The van der Waals surface area contributed by atoms with E-state index >= 15 is 0 Å². The maximum atomic E-state index is 8.31. The van der Waals surface area contributed by atoms with Crippen LogP contribution in [0.4, 0.5) is 0 Å². The molecule has 0 radical (unpaired) electrons. The third-order valence-electron chi connectivity index (χ3n) is 9.63. The van der Waals surface area contributed by atoms with Gasteiger partial charge in [-0.15, -0.1) is 0 Å². The first-order chi connectivity index (χ1) is 18.3. The molecule has 0 saturated heterocycles. The van der Waals surface area contributed by atoms with Crippen LogP contribution in [0.25, 0.3) is 12.2 Å². The van der Waals surface area contributed by atoms with Gasteiger partial charge < -0.3 is 0 Å². The fourth-order valence-corrected chi connectivity index (χ4v) is 36.1. The van der Waals surface area contributed by atoms with Gasteiger partial charge in [0.25, 0.3) is 0 Å². The van der Waals surface area contributed by atoms with Crippen LogP contribution in [0.2, 0.25) is 78.6 Å². The van der Waals surface area contributed by atoms with Crippen LogP contribution in [0.1, 0.15) is 50.3 Å². The Bertz CT molecular complexity index is 1450. The van der Waals surface area contributed by atoms with Gasteiger partial charge in [0, 0.05) is 0 Å². The van der Waals surface area contributed by atoms with E-state index in [0.717, 1.165) is 0 Å². The van der Waals surface area contributed by atoms with Crippen LogP contribution in [-0.2, 0) is 15.9 Å². The summed E-state index contributed by atoms with van der Waals surface area (Å²) in [6.45, 7) is 36.7. The molecule has 4 rings (SSSR count). The molecule has 2 aliphatic rings. The Balaban J connectivity index is 2.03. The van der Waals surface area contributed by atoms with Gasteiger partial charge in [0.15, 0.2) is 0 Å². The van der Waals surface area contributed by atoms with Gasteiger partial charge >= 0.3 is 266 Å². The van der Waals surface area contributed by atoms with Gasteiger partial charge in [-0.3, -0.25) is 0 Å². The van der Waals surface area contributed by atoms with Crippen molar-refractivity contribution in [2.45, 2.75) is 107 Å². The van der Waals surface area contributed by atoms with Crippen molar-refractivity contribution >= 4 is 85.9 Å². The number of fused-ring (bicyclic) bond motifs is 2. The Kier molecular flexibility index (Phi) is 8.56. The van der Waals surface area contributed by atoms with Gasteiger partial charge in [0.1, 0.15) is 0 Å². The van der Waals surface area contributed by atoms with Crippen LogP contribution in [-0.4, -0.2) is 36.0 Å². The zero-order valence-corrected chi connectivity index (χ0v) is 36.4. The first-order valence-electron chi connectivity index (χ1n) is 15.4. The molecule has 0 aromatic heterocycles. The molecule has 2 atom stereocenters. The second-order valence-electron chi connectivity index (χ2n) is 17.2. The molecule has 0 N–H and O–H groups in total. The van der Waals surface area contributed by atoms with Gasteiger partial charge in [-0.25, -0.2) is 0 Å². The summed E-state index contributed by atoms with van der Waals surface area (Å²) in [4.78, 5) is 0. The van der Waals surface area contributed by atoms with Crippen molar-refractivity contribution in [2.75, 3.05) is 0 Å². The van der Waals surface area contributed by atoms with Crippen molar-refractivity contribution in [2.24, 2.45) is 0 Å². The molecule has 224 valence electrons. The SMILES string of the molecule is C[CH]=[Zr]([Cl])([Cl])([CH]1C(C)=Cc2cc([Si](C)(C)C)c([Si](C)(C)C)cc21)[CH]1C(C)=Cc2cc([Si](C)(C)C)c([Si](C)(C)C)cc21. The van der Waals surface area contributed by atoms with E-state index in [-0.39, 0.29) is 7.25 Å². The van der Waals surface area contributed by atoms with Gasteiger partial charge in [-0.2, -0.15) is 0 Å². The summed E-state index contributed by atoms with van der Waals surface area (Å²) in [7, 11) is 10.4. The molecule has 2 aromatic rings. The van der Waals surface area contributed by atoms with E-state index in [1.165, 1.54) is 33.4 Å². The molecule has 0 saturated carbocycles. The standard InChI is InChI=1S/2C16H25Si2.C2H4.2ClH.Zr/c2*1-12-8-13-10-15(17(2,3)4)16(18(5,6)7)11-14(13)9-12;1-2;;;/h2*8-11H,1-7H3;1H,2H3;2*1H;/q;;;;;+2/p-2. The molecular weight excluding hydrogens is 683 g/mol. The fraction of sp³-hybridized carbons (Fsp3) is 0.500. The minimum atomic E-state index is -4.77. The molecule has 0 bridgehead atoms. The van der Waals surface area contributed by atoms with Gasteiger partial charge in [0.05, 0.1) is 0 Å². The molecule has 0 heterocycles. The number of allylic oxidation sites excluding steroid dienone is 2. The van der Waals surface area contributed by atoms with E-state index in [1.54, 1.807) is 20.7 Å². The van der Waals surface area contributed by atoms with Crippen LogP contribution in [0.5, 0.6) is 0 Å². The van der Waals surface area contributed by atoms with Crippen LogP contribution in [0, 0.1) is 0 Å². The summed E-state index contributed by atoms with van der Waals surface area (Å²) in [5, 5.41) is 6.48. The van der Waals surface area contributed by atoms with Crippen molar-refractivity contribution in [1.29, 1.82) is 0 Å². The van der Waals surface area contributed by atoms with Crippen molar-refractivity contribution in [1.82, 2.24) is 0 Å². The van der Waals surface area contributed by atoms with Crippen molar-refractivity contribution < 1.29 is 15.9 Å². The molecule has 0 aliphatic heterocycles. The number of halogens is 2. The quantitative estimate of drug-likeness (QED) is 0.260. The van der Waals surface area contributed by atoms with Crippen LogP contribution >= 0.6 is 17.0 Å². The van der Waals surface area contributed by atoms with E-state index in [9.17, 15) is 0 Å². The third kappa shape index (κ3) is 5.82. The fourth-order valence-electron chi connectivity index (χ4n) is 7.61. The average molecular weight is 737 g/mol. The van der Waals surface area contributed by atoms with Crippen molar-refractivity contribution in [3.05, 3.63) is 57.7 Å². The summed E-state index contributed by atoms with van der Waals surface area (Å²) in [6.07, 6.45) is 4.85. The number of hydrogen-bond donors (Lipinski definition) is 0. The number of benzene rings is 2. The molecule has 0 fully saturated rings. The summed E-state index contributed by atoms with van der Waals surface area (Å²) < 4.78 is 2.52. The Labute approximate surface area is 263 Å². The minimum absolute atomic E-state index is 0.0943. The zero-order chi connectivity index (χ0) is 31.3. The van der Waals surface area contributed by atoms with Crippen LogP contribution in [0.3, 0.4) is 0 Å². The molecule has 7 heteroatoms. The average Bonchev–Trinajstić information content (AvgIpc) is 3.30. The topological polar surface area (TPSA) is 0 Å². The Hall–Kier alpha value is 0.121. The number of hydrogen-bond acceptors (Lipinski definition) is 0. The van der Waals surface area contributed by atoms with Crippen LogP contribution < -0.4 is 20.7 Å². The normalized spacial score (nSPS) is 20.0. The molecule has 2 aliphatic carbocycles. The van der Waals surface area contributed by atoms with E-state index in [4.69, 9.17) is 17.0 Å². The van der Waals surface area contributed by atoms with Gasteiger partial charge in [-0.05, 0) is 0 Å². The van der Waals surface area contributed by atoms with Crippen molar-refractivity contribution in [3.63, 3.8) is 0 Å². The molecule has 2 aromatic carbocycles. The molecular formula is C34H54Cl2Si4Zr. The predicted molar refractivity (Wildman–Crippen MR) is 201 cm³/mol. The second kappa shape index (κ2) is 10.3. The first kappa shape index (κ1) is 34.0. The monoisotopic (exact) mass is 734 g/mol. The van der Waals surface area contributed by atoms with E-state index in [2.05, 4.69) is 139 Å². The Morgan fingerprint density at radius 2 is 0.805 bits per heavy atom. The van der Waals surface area contributed by atoms with Crippen LogP contribution in [0.15, 0.2) is 35.4 Å². The van der Waals surface area contributed by atoms with Gasteiger partial charge in [0.2, 0.25) is 0 Å². The molecule has 41 heavy (non-hydrogen) atoms. The van der Waals surface area contributed by atoms with E-state index < -0.39 is 48.2 Å². The summed E-state index contributed by atoms with van der Waals surface area (Å²) >= 11 is -4.77. The Morgan fingerprint density at radius 1 is 0.537 bits per heavy atom. The molecule has 2 unspecified atom stereocenters. The van der Waals surface area contributed by atoms with E-state index in [1.807, 2.05) is 0 Å². The third-order valence-corrected chi connectivity index (χ3v) is 37.9.